The maximum Gasteiger partial charge on any atom is 0.337 e. The molecule has 1 aliphatic rings. The van der Waals surface area contributed by atoms with Crippen molar-refractivity contribution < 1.29 is 37.0 Å². The molecule has 0 amide bonds. The number of carbonyl (C=O) groups excluding carboxylic acids is 1. The fourth-order valence-electron chi connectivity index (χ4n) is 5.42. The predicted molar refractivity (Wildman–Crippen MR) is 190 cm³/mol. The highest BCUT2D eigenvalue weighted by molar-refractivity contribution is 7.54. The summed E-state index contributed by atoms with van der Waals surface area (Å²) < 4.78 is 49.8. The molecule has 0 aliphatic carbocycles. The third kappa shape index (κ3) is 12.8. The minimum Gasteiger partial charge on any atom is -0.411 e. The van der Waals surface area contributed by atoms with Gasteiger partial charge in [0.05, 0.1) is 37.6 Å². The summed E-state index contributed by atoms with van der Waals surface area (Å²) in [6.07, 6.45) is 4.84. The van der Waals surface area contributed by atoms with E-state index in [1.807, 2.05) is 43.3 Å². The summed E-state index contributed by atoms with van der Waals surface area (Å²) in [4.78, 5) is 13.3. The second-order valence-corrected chi connectivity index (χ2v) is 21.0. The van der Waals surface area contributed by atoms with E-state index in [0.29, 0.717) is 39.1 Å². The quantitative estimate of drug-likeness (QED) is 0.0706. The normalized spacial score (nSPS) is 22.6. The zero-order valence-electron chi connectivity index (χ0n) is 29.7. The lowest BCUT2D eigenvalue weighted by Crippen LogP contribution is -2.50. The Morgan fingerprint density at radius 3 is 2.02 bits per heavy atom. The van der Waals surface area contributed by atoms with Crippen LogP contribution in [0, 0.1) is 5.92 Å². The molecule has 1 heterocycles. The molecule has 8 nitrogen and oxygen atoms in total. The second kappa shape index (κ2) is 18.7. The number of rotatable bonds is 17. The lowest BCUT2D eigenvalue weighted by Gasteiger charge is -2.43. The fourth-order valence-corrected chi connectivity index (χ4v) is 7.73. The Bertz CT molecular complexity index is 1270. The van der Waals surface area contributed by atoms with Crippen molar-refractivity contribution in [3.63, 3.8) is 0 Å². The number of hydrogen-bond acceptors (Lipinski definition) is 8. The molecule has 0 saturated carbocycles. The maximum absolute atomic E-state index is 13.3. The van der Waals surface area contributed by atoms with Gasteiger partial charge in [0.2, 0.25) is 0 Å². The average Bonchev–Trinajstić information content (AvgIpc) is 3.11. The van der Waals surface area contributed by atoms with Crippen LogP contribution in [-0.4, -0.2) is 65.5 Å². The van der Waals surface area contributed by atoms with Gasteiger partial charge in [0.1, 0.15) is 11.9 Å². The van der Waals surface area contributed by atoms with Crippen LogP contribution in [0.3, 0.4) is 0 Å². The fraction of sp³-hybridized carbons (Fsp3) is 0.595. The first-order chi connectivity index (χ1) is 22.3. The number of hydrogen-bond donors (Lipinski definition) is 0. The van der Waals surface area contributed by atoms with E-state index in [2.05, 4.69) is 70.3 Å². The van der Waals surface area contributed by atoms with Gasteiger partial charge in [-0.3, -0.25) is 9.36 Å². The number of benzene rings is 2. The SMILES string of the molecule is COP(=O)(CC(=O)C[C@H](C)[C@H]1O[C@@H](CCOCc2ccccc2)[C@H](OCc2ccccc2)C/C=C\C[C@@H]1O[Si](C)(C)C(C)(C)C)OC. The Labute approximate surface area is 284 Å². The van der Waals surface area contributed by atoms with E-state index < -0.39 is 22.0 Å². The average molecular weight is 689 g/mol. The molecule has 10 heteroatoms. The van der Waals surface area contributed by atoms with Crippen molar-refractivity contribution in [2.75, 3.05) is 27.0 Å². The van der Waals surface area contributed by atoms with Crippen LogP contribution >= 0.6 is 7.60 Å². The van der Waals surface area contributed by atoms with Crippen LogP contribution in [0.15, 0.2) is 72.8 Å². The van der Waals surface area contributed by atoms with Crippen LogP contribution in [0.5, 0.6) is 0 Å². The van der Waals surface area contributed by atoms with Gasteiger partial charge in [-0.1, -0.05) is 101 Å². The highest BCUT2D eigenvalue weighted by atomic mass is 31.2. The lowest BCUT2D eigenvalue weighted by molar-refractivity contribution is -0.153. The Hall–Kier alpha value is -1.94. The number of ether oxygens (including phenoxy) is 3. The molecule has 0 spiro atoms. The third-order valence-corrected chi connectivity index (χ3v) is 15.6. The van der Waals surface area contributed by atoms with E-state index in [-0.39, 0.29) is 47.6 Å². The maximum atomic E-state index is 13.3. The standard InChI is InChI=1S/C37H57O8PSi/c1-29(25-32(38)28-46(39,40-5)41-6)36-35(45-47(7,8)37(2,3)4)22-16-15-21-33(43-27-31-19-13-10-14-20-31)34(44-36)23-24-42-26-30-17-11-9-12-18-30/h9-20,29,33-36H,21-28H2,1-8H3/b16-15-/t29-,33+,34-,35-,36+/m0/s1. The van der Waals surface area contributed by atoms with Crippen molar-refractivity contribution in [2.45, 2.75) is 109 Å². The molecule has 2 aromatic carbocycles. The zero-order chi connectivity index (χ0) is 34.5. The molecule has 0 radical (unpaired) electrons. The first kappa shape index (κ1) is 39.5. The van der Waals surface area contributed by atoms with Gasteiger partial charge in [-0.25, -0.2) is 0 Å². The Balaban J connectivity index is 1.91. The molecule has 1 aliphatic heterocycles. The zero-order valence-corrected chi connectivity index (χ0v) is 31.6. The summed E-state index contributed by atoms with van der Waals surface area (Å²) in [5.74, 6) is -0.442. The van der Waals surface area contributed by atoms with Crippen LogP contribution < -0.4 is 0 Å². The summed E-state index contributed by atoms with van der Waals surface area (Å²) in [5, 5.41) is -0.0195. The van der Waals surface area contributed by atoms with Crippen molar-refractivity contribution >= 4 is 21.7 Å². The number of Topliss-reactive ketones (excluding diaryl/α,β-unsaturated/α-hetero) is 1. The van der Waals surface area contributed by atoms with Crippen LogP contribution in [0.2, 0.25) is 18.1 Å². The van der Waals surface area contributed by atoms with Crippen LogP contribution in [0.4, 0.5) is 0 Å². The molecule has 2 aromatic rings. The Morgan fingerprint density at radius 1 is 0.915 bits per heavy atom. The highest BCUT2D eigenvalue weighted by Gasteiger charge is 2.43. The largest absolute Gasteiger partial charge is 0.411 e. The van der Waals surface area contributed by atoms with Gasteiger partial charge in [-0.05, 0) is 54.4 Å². The third-order valence-electron chi connectivity index (χ3n) is 9.27. The van der Waals surface area contributed by atoms with Crippen molar-refractivity contribution in [1.29, 1.82) is 0 Å². The minimum absolute atomic E-state index is 0.0195. The Kier molecular flexibility index (Phi) is 15.7. The summed E-state index contributed by atoms with van der Waals surface area (Å²) >= 11 is 0. The van der Waals surface area contributed by atoms with Gasteiger partial charge < -0.3 is 27.7 Å². The first-order valence-corrected chi connectivity index (χ1v) is 21.4. The van der Waals surface area contributed by atoms with Gasteiger partial charge in [-0.15, -0.1) is 0 Å². The van der Waals surface area contributed by atoms with Crippen molar-refractivity contribution in [2.24, 2.45) is 5.92 Å². The van der Waals surface area contributed by atoms with E-state index >= 15 is 0 Å². The van der Waals surface area contributed by atoms with E-state index in [4.69, 9.17) is 27.7 Å². The molecular formula is C37H57O8PSi. The van der Waals surface area contributed by atoms with Crippen molar-refractivity contribution in [3.05, 3.63) is 83.9 Å². The molecule has 0 fully saturated rings. The summed E-state index contributed by atoms with van der Waals surface area (Å²) in [6.45, 7) is 14.6. The van der Waals surface area contributed by atoms with E-state index in [1.54, 1.807) is 0 Å². The smallest absolute Gasteiger partial charge is 0.337 e. The summed E-state index contributed by atoms with van der Waals surface area (Å²) in [7, 11) is -3.12. The molecule has 0 N–H and O–H groups in total. The van der Waals surface area contributed by atoms with Gasteiger partial charge in [-0.2, -0.15) is 0 Å². The number of ketones is 1. The van der Waals surface area contributed by atoms with Crippen LogP contribution in [-0.2, 0) is 50.3 Å². The van der Waals surface area contributed by atoms with Gasteiger partial charge in [0.15, 0.2) is 8.32 Å². The Morgan fingerprint density at radius 2 is 1.47 bits per heavy atom. The van der Waals surface area contributed by atoms with Gasteiger partial charge >= 0.3 is 7.60 Å². The molecule has 3 rings (SSSR count). The molecule has 0 saturated heterocycles. The second-order valence-electron chi connectivity index (χ2n) is 14.0. The molecule has 262 valence electrons. The topological polar surface area (TPSA) is 89.5 Å². The molecule has 0 unspecified atom stereocenters. The number of carbonyl (C=O) groups is 1. The molecule has 47 heavy (non-hydrogen) atoms. The van der Waals surface area contributed by atoms with E-state index in [1.165, 1.54) is 14.2 Å². The molecule has 0 bridgehead atoms. The van der Waals surface area contributed by atoms with E-state index in [0.717, 1.165) is 11.1 Å². The van der Waals surface area contributed by atoms with Crippen molar-refractivity contribution in [3.8, 4) is 0 Å². The van der Waals surface area contributed by atoms with Gasteiger partial charge in [0, 0.05) is 27.2 Å². The molecule has 0 aromatic heterocycles. The minimum atomic E-state index is -3.49. The van der Waals surface area contributed by atoms with E-state index in [9.17, 15) is 9.36 Å². The monoisotopic (exact) mass is 688 g/mol. The first-order valence-electron chi connectivity index (χ1n) is 16.7. The molecule has 5 atom stereocenters. The summed E-state index contributed by atoms with van der Waals surface area (Å²) in [6, 6.07) is 20.2. The predicted octanol–water partition coefficient (Wildman–Crippen LogP) is 8.75. The lowest BCUT2D eigenvalue weighted by atomic mass is 9.92. The molecular weight excluding hydrogens is 631 g/mol. The van der Waals surface area contributed by atoms with Crippen LogP contribution in [0.1, 0.15) is 64.5 Å². The highest BCUT2D eigenvalue weighted by Crippen LogP contribution is 2.46. The van der Waals surface area contributed by atoms with Gasteiger partial charge in [0.25, 0.3) is 0 Å². The summed E-state index contributed by atoms with van der Waals surface area (Å²) in [5.41, 5.74) is 2.20. The van der Waals surface area contributed by atoms with Crippen LogP contribution in [0.25, 0.3) is 0 Å². The van der Waals surface area contributed by atoms with Crippen molar-refractivity contribution in [1.82, 2.24) is 0 Å².